The minimum Gasteiger partial charge on any atom is -0.496 e. The van der Waals surface area contributed by atoms with Gasteiger partial charge in [0, 0.05) is 17.7 Å². The Labute approximate surface area is 238 Å². The normalized spacial score (nSPS) is 12.3. The zero-order valence-corrected chi connectivity index (χ0v) is 24.1. The van der Waals surface area contributed by atoms with Crippen molar-refractivity contribution < 1.29 is 18.7 Å². The second kappa shape index (κ2) is 12.0. The van der Waals surface area contributed by atoms with Crippen molar-refractivity contribution in [3.63, 3.8) is 0 Å². The SMILES string of the molecule is CCNC(=O)C(C)(C)n1c(=O)c2c(C)c(-n3nccn3)sc2n(CC(OCCC#N)c2cc(F)ccc2OC)c1=O. The number of nitrogens with one attached hydrogen (secondary N) is 1. The fourth-order valence-corrected chi connectivity index (χ4v) is 5.81. The Bertz CT molecular complexity index is 1730. The van der Waals surface area contributed by atoms with Gasteiger partial charge >= 0.3 is 5.69 Å². The number of aryl methyl sites for hydroxylation is 1. The van der Waals surface area contributed by atoms with Gasteiger partial charge in [-0.2, -0.15) is 15.5 Å². The molecule has 12 nitrogen and oxygen atoms in total. The van der Waals surface area contributed by atoms with Crippen molar-refractivity contribution in [1.82, 2.24) is 29.4 Å². The van der Waals surface area contributed by atoms with Gasteiger partial charge in [0.15, 0.2) is 0 Å². The third-order valence-corrected chi connectivity index (χ3v) is 7.94. The molecule has 1 atom stereocenters. The second-order valence-corrected chi connectivity index (χ2v) is 10.6. The Morgan fingerprint density at radius 3 is 2.61 bits per heavy atom. The number of hydrogen-bond donors (Lipinski definition) is 1. The van der Waals surface area contributed by atoms with Crippen LogP contribution in [0.15, 0.2) is 40.2 Å². The maximum atomic E-state index is 14.4. The first-order chi connectivity index (χ1) is 19.6. The fourth-order valence-electron chi connectivity index (χ4n) is 4.59. The summed E-state index contributed by atoms with van der Waals surface area (Å²) in [4.78, 5) is 42.9. The largest absolute Gasteiger partial charge is 0.496 e. The molecule has 0 radical (unpaired) electrons. The Kier molecular flexibility index (Phi) is 8.69. The first kappa shape index (κ1) is 29.6. The van der Waals surface area contributed by atoms with Crippen molar-refractivity contribution in [3.8, 4) is 16.8 Å². The number of aromatic nitrogens is 5. The fraction of sp³-hybridized carbons (Fsp3) is 0.407. The van der Waals surface area contributed by atoms with Crippen LogP contribution in [0.25, 0.3) is 15.2 Å². The zero-order chi connectivity index (χ0) is 29.9. The van der Waals surface area contributed by atoms with Crippen LogP contribution in [0.4, 0.5) is 4.39 Å². The van der Waals surface area contributed by atoms with Gasteiger partial charge in [-0.25, -0.2) is 13.8 Å². The summed E-state index contributed by atoms with van der Waals surface area (Å²) in [7, 11) is 1.43. The molecule has 0 aliphatic rings. The molecular weight excluding hydrogens is 553 g/mol. The van der Waals surface area contributed by atoms with Crippen LogP contribution >= 0.6 is 11.3 Å². The van der Waals surface area contributed by atoms with Gasteiger partial charge in [0.2, 0.25) is 5.91 Å². The van der Waals surface area contributed by atoms with Crippen molar-refractivity contribution in [2.24, 2.45) is 0 Å². The Hall–Kier alpha value is -4.35. The van der Waals surface area contributed by atoms with Gasteiger partial charge < -0.3 is 14.8 Å². The molecule has 14 heteroatoms. The highest BCUT2D eigenvalue weighted by molar-refractivity contribution is 7.21. The third-order valence-electron chi connectivity index (χ3n) is 6.66. The second-order valence-electron chi connectivity index (χ2n) is 9.64. The van der Waals surface area contributed by atoms with Crippen LogP contribution in [0.2, 0.25) is 0 Å². The molecule has 0 aliphatic carbocycles. The molecule has 4 rings (SSSR count). The van der Waals surface area contributed by atoms with Crippen LogP contribution in [-0.4, -0.2) is 50.3 Å². The first-order valence-corrected chi connectivity index (χ1v) is 13.6. The molecule has 3 heterocycles. The number of nitrogens with zero attached hydrogens (tertiary/aromatic N) is 6. The van der Waals surface area contributed by atoms with Crippen LogP contribution in [0.1, 0.15) is 44.4 Å². The molecule has 216 valence electrons. The monoisotopic (exact) mass is 583 g/mol. The van der Waals surface area contributed by atoms with Crippen molar-refractivity contribution in [3.05, 3.63) is 68.4 Å². The van der Waals surface area contributed by atoms with Gasteiger partial charge in [0.05, 0.1) is 50.5 Å². The standard InChI is InChI=1S/C27H30FN7O5S/c1-6-30-25(37)27(3,4)34-22(36)21-16(2)23(35-31-11-12-32-35)41-24(21)33(26(34)38)15-20(40-13-7-10-29)18-14-17(28)8-9-19(18)39-5/h8-9,11-12,14,20H,6-7,13,15H2,1-5H3,(H,30,37). The van der Waals surface area contributed by atoms with Crippen molar-refractivity contribution in [2.45, 2.75) is 52.3 Å². The van der Waals surface area contributed by atoms with Crippen LogP contribution in [-0.2, 0) is 21.6 Å². The minimum atomic E-state index is -1.56. The summed E-state index contributed by atoms with van der Waals surface area (Å²) >= 11 is 1.13. The van der Waals surface area contributed by atoms with E-state index >= 15 is 0 Å². The molecule has 3 aromatic heterocycles. The van der Waals surface area contributed by atoms with E-state index in [0.29, 0.717) is 33.3 Å². The number of amides is 1. The topological polar surface area (TPSA) is 146 Å². The van der Waals surface area contributed by atoms with Crippen molar-refractivity contribution in [2.75, 3.05) is 20.3 Å². The lowest BCUT2D eigenvalue weighted by atomic mass is 10.0. The van der Waals surface area contributed by atoms with Crippen LogP contribution in [0.5, 0.6) is 5.75 Å². The van der Waals surface area contributed by atoms with E-state index in [9.17, 15) is 18.8 Å². The van der Waals surface area contributed by atoms with Crippen LogP contribution in [0.3, 0.4) is 0 Å². The number of ether oxygens (including phenoxy) is 2. The maximum absolute atomic E-state index is 14.4. The number of thiophene rings is 1. The summed E-state index contributed by atoms with van der Waals surface area (Å²) < 4.78 is 28.1. The third kappa shape index (κ3) is 5.50. The van der Waals surface area contributed by atoms with E-state index in [0.717, 1.165) is 15.9 Å². The molecule has 4 aromatic rings. The van der Waals surface area contributed by atoms with Gasteiger partial charge in [-0.05, 0) is 45.9 Å². The molecule has 0 spiro atoms. The smallest absolute Gasteiger partial charge is 0.333 e. The molecule has 1 amide bonds. The highest BCUT2D eigenvalue weighted by atomic mass is 32.1. The number of halogens is 1. The van der Waals surface area contributed by atoms with E-state index in [1.54, 1.807) is 13.8 Å². The molecule has 1 N–H and O–H groups in total. The van der Waals surface area contributed by atoms with Gasteiger partial charge in [0.25, 0.3) is 5.56 Å². The molecule has 41 heavy (non-hydrogen) atoms. The van der Waals surface area contributed by atoms with E-state index < -0.39 is 34.6 Å². The molecule has 0 saturated carbocycles. The Balaban J connectivity index is 2.03. The van der Waals surface area contributed by atoms with E-state index in [2.05, 4.69) is 15.5 Å². The van der Waals surface area contributed by atoms with Gasteiger partial charge in [0.1, 0.15) is 33.0 Å². The Morgan fingerprint density at radius 2 is 1.98 bits per heavy atom. The summed E-state index contributed by atoms with van der Waals surface area (Å²) in [5.74, 6) is -0.744. The number of fused-ring (bicyclic) bond motifs is 1. The number of likely N-dealkylation sites (N-methyl/N-ethyl adjacent to an activating group) is 1. The molecule has 1 unspecified atom stereocenters. The molecule has 0 aliphatic heterocycles. The Morgan fingerprint density at radius 1 is 1.27 bits per heavy atom. The summed E-state index contributed by atoms with van der Waals surface area (Å²) in [5, 5.41) is 20.9. The van der Waals surface area contributed by atoms with E-state index in [-0.39, 0.29) is 25.0 Å². The highest BCUT2D eigenvalue weighted by Gasteiger charge is 2.36. The molecule has 0 fully saturated rings. The number of nitriles is 1. The summed E-state index contributed by atoms with van der Waals surface area (Å²) in [6.07, 6.45) is 2.07. The summed E-state index contributed by atoms with van der Waals surface area (Å²) in [6.45, 7) is 6.55. The van der Waals surface area contributed by atoms with Gasteiger partial charge in [-0.3, -0.25) is 14.2 Å². The lowest BCUT2D eigenvalue weighted by molar-refractivity contribution is -0.128. The molecule has 0 bridgehead atoms. The van der Waals surface area contributed by atoms with Gasteiger partial charge in [-0.15, -0.1) is 4.80 Å². The lowest BCUT2D eigenvalue weighted by Crippen LogP contribution is -2.55. The lowest BCUT2D eigenvalue weighted by Gasteiger charge is -2.27. The van der Waals surface area contributed by atoms with E-state index in [4.69, 9.17) is 14.7 Å². The zero-order valence-electron chi connectivity index (χ0n) is 23.3. The predicted molar refractivity (Wildman–Crippen MR) is 150 cm³/mol. The molecular formula is C27H30FN7O5S. The predicted octanol–water partition coefficient (Wildman–Crippen LogP) is 2.80. The van der Waals surface area contributed by atoms with Crippen molar-refractivity contribution >= 4 is 27.5 Å². The van der Waals surface area contributed by atoms with E-state index in [1.807, 2.05) is 6.07 Å². The average Bonchev–Trinajstić information content (AvgIpc) is 3.58. The van der Waals surface area contributed by atoms with Crippen LogP contribution in [0, 0.1) is 24.1 Å². The summed E-state index contributed by atoms with van der Waals surface area (Å²) in [5.41, 5.74) is -2.13. The maximum Gasteiger partial charge on any atom is 0.333 e. The number of carbonyl (C=O) groups is 1. The first-order valence-electron chi connectivity index (χ1n) is 12.8. The van der Waals surface area contributed by atoms with Gasteiger partial charge in [-0.1, -0.05) is 11.3 Å². The molecule has 1 aromatic carbocycles. The number of methoxy groups -OCH3 is 1. The quantitative estimate of drug-likeness (QED) is 0.265. The number of carbonyl (C=O) groups excluding carboxylic acids is 1. The number of hydrogen-bond acceptors (Lipinski definition) is 9. The summed E-state index contributed by atoms with van der Waals surface area (Å²) in [6, 6.07) is 5.93. The number of rotatable bonds is 11. The molecule has 0 saturated heterocycles. The highest BCUT2D eigenvalue weighted by Crippen LogP contribution is 2.34. The van der Waals surface area contributed by atoms with Crippen LogP contribution < -0.4 is 21.3 Å². The average molecular weight is 584 g/mol. The van der Waals surface area contributed by atoms with E-state index in [1.165, 1.54) is 60.9 Å². The van der Waals surface area contributed by atoms with Crippen molar-refractivity contribution in [1.29, 1.82) is 5.26 Å². The number of benzene rings is 1. The minimum absolute atomic E-state index is 0.00527.